The number of rotatable bonds is 12. The van der Waals surface area contributed by atoms with Gasteiger partial charge in [-0.05, 0) is 68.0 Å². The average Bonchev–Trinajstić information content (AvgIpc) is 3.76. The first-order chi connectivity index (χ1) is 19.6. The molecule has 2 aromatic heterocycles. The number of anilines is 1. The zero-order chi connectivity index (χ0) is 27.9. The summed E-state index contributed by atoms with van der Waals surface area (Å²) in [4.78, 5) is 32.9. The van der Waals surface area contributed by atoms with E-state index in [2.05, 4.69) is 34.4 Å². The monoisotopic (exact) mass is 560 g/mol. The minimum atomic E-state index is -0.823. The second-order valence-electron chi connectivity index (χ2n) is 9.88. The Labute approximate surface area is 238 Å². The van der Waals surface area contributed by atoms with E-state index >= 15 is 0 Å². The van der Waals surface area contributed by atoms with Crippen LogP contribution in [0.2, 0.25) is 0 Å². The fourth-order valence-electron chi connectivity index (χ4n) is 5.19. The van der Waals surface area contributed by atoms with Crippen molar-refractivity contribution in [1.29, 1.82) is 0 Å². The van der Waals surface area contributed by atoms with E-state index in [-0.39, 0.29) is 24.5 Å². The molecule has 0 aliphatic carbocycles. The lowest BCUT2D eigenvalue weighted by Crippen LogP contribution is -2.46. The third-order valence-corrected chi connectivity index (χ3v) is 8.22. The first-order valence-corrected chi connectivity index (χ1v) is 14.8. The summed E-state index contributed by atoms with van der Waals surface area (Å²) in [7, 11) is 0. The van der Waals surface area contributed by atoms with Gasteiger partial charge in [-0.2, -0.15) is 0 Å². The second-order valence-corrected chi connectivity index (χ2v) is 10.9. The van der Waals surface area contributed by atoms with Crippen molar-refractivity contribution in [2.24, 2.45) is 0 Å². The third kappa shape index (κ3) is 6.34. The van der Waals surface area contributed by atoms with Crippen LogP contribution in [-0.4, -0.2) is 64.1 Å². The molecule has 1 aliphatic heterocycles. The Morgan fingerprint density at radius 3 is 2.60 bits per heavy atom. The van der Waals surface area contributed by atoms with Gasteiger partial charge in [-0.15, -0.1) is 16.4 Å². The molecular formula is C30H36N6O3S. The van der Waals surface area contributed by atoms with Crippen LogP contribution in [-0.2, 0) is 27.4 Å². The van der Waals surface area contributed by atoms with Crippen LogP contribution in [0.4, 0.5) is 5.69 Å². The van der Waals surface area contributed by atoms with E-state index in [4.69, 9.17) is 4.74 Å². The molecule has 40 heavy (non-hydrogen) atoms. The van der Waals surface area contributed by atoms with Gasteiger partial charge in [0.05, 0.1) is 18.2 Å². The molecule has 2 atom stereocenters. The van der Waals surface area contributed by atoms with Gasteiger partial charge < -0.3 is 19.9 Å². The molecule has 9 nitrogen and oxygen atoms in total. The predicted molar refractivity (Wildman–Crippen MR) is 157 cm³/mol. The maximum Gasteiger partial charge on any atom is 0.247 e. The lowest BCUT2D eigenvalue weighted by molar-refractivity contribution is -0.142. The highest BCUT2D eigenvalue weighted by Gasteiger charge is 2.33. The molecule has 1 aliphatic rings. The Balaban J connectivity index is 1.48. The molecule has 10 heteroatoms. The number of carbonyl (C=O) groups excluding carboxylic acids is 2. The maximum absolute atomic E-state index is 14.1. The van der Waals surface area contributed by atoms with Gasteiger partial charge in [0.15, 0.2) is 0 Å². The smallest absolute Gasteiger partial charge is 0.247 e. The van der Waals surface area contributed by atoms with Gasteiger partial charge in [0.2, 0.25) is 11.8 Å². The number of benzene rings is 2. The molecular weight excluding hydrogens is 524 g/mol. The number of nitrogens with one attached hydrogen (secondary N) is 1. The summed E-state index contributed by atoms with van der Waals surface area (Å²) in [6.07, 6.45) is 1.91. The van der Waals surface area contributed by atoms with E-state index in [9.17, 15) is 9.59 Å². The Morgan fingerprint density at radius 1 is 1.10 bits per heavy atom. The molecule has 4 aromatic rings. The molecule has 1 fully saturated rings. The number of carbonyl (C=O) groups is 2. The fourth-order valence-corrected chi connectivity index (χ4v) is 5.90. The number of amides is 2. The number of nitrogens with zero attached hydrogens (tertiary/aromatic N) is 5. The number of thiophene rings is 1. The summed E-state index contributed by atoms with van der Waals surface area (Å²) >= 11 is 1.56. The number of para-hydroxylation sites is 1. The molecule has 0 radical (unpaired) electrons. The molecule has 1 saturated heterocycles. The van der Waals surface area contributed by atoms with E-state index in [1.165, 1.54) is 0 Å². The summed E-state index contributed by atoms with van der Waals surface area (Å²) in [5.74, 6) is -0.436. The van der Waals surface area contributed by atoms with Gasteiger partial charge in [0, 0.05) is 36.8 Å². The molecule has 0 spiro atoms. The minimum Gasteiger partial charge on any atom is -0.376 e. The lowest BCUT2D eigenvalue weighted by atomic mass is 10.0. The molecule has 210 valence electrons. The third-order valence-electron chi connectivity index (χ3n) is 7.36. The van der Waals surface area contributed by atoms with Gasteiger partial charge in [-0.3, -0.25) is 9.59 Å². The van der Waals surface area contributed by atoms with Gasteiger partial charge in [0.1, 0.15) is 18.1 Å². The topological polar surface area (TPSA) is 92.6 Å². The normalized spacial score (nSPS) is 15.7. The van der Waals surface area contributed by atoms with Crippen molar-refractivity contribution in [2.45, 2.75) is 51.9 Å². The summed E-state index contributed by atoms with van der Waals surface area (Å²) in [6, 6.07) is 18.7. The van der Waals surface area contributed by atoms with E-state index in [1.54, 1.807) is 20.9 Å². The summed E-state index contributed by atoms with van der Waals surface area (Å²) in [5.41, 5.74) is 3.33. The van der Waals surface area contributed by atoms with Crippen LogP contribution in [0.25, 0.3) is 11.0 Å². The van der Waals surface area contributed by atoms with Crippen LogP contribution in [0.5, 0.6) is 0 Å². The number of hydrogen-bond donors (Lipinski definition) is 1. The lowest BCUT2D eigenvalue weighted by Gasteiger charge is -2.32. The largest absolute Gasteiger partial charge is 0.376 e. The molecule has 2 aromatic carbocycles. The molecule has 2 amide bonds. The van der Waals surface area contributed by atoms with Crippen molar-refractivity contribution in [2.75, 3.05) is 31.1 Å². The number of aromatic nitrogens is 3. The van der Waals surface area contributed by atoms with Gasteiger partial charge in [0.25, 0.3) is 0 Å². The SMILES string of the molecule is CCN(CC)c1ccc([C@H](C(=O)NC[C@@H]2CCCO2)N(Cc2cccs2)C(=O)Cn2nnc3ccccc32)cc1. The van der Waals surface area contributed by atoms with Crippen LogP contribution < -0.4 is 10.2 Å². The van der Waals surface area contributed by atoms with E-state index in [0.29, 0.717) is 19.7 Å². The maximum atomic E-state index is 14.1. The van der Waals surface area contributed by atoms with E-state index < -0.39 is 6.04 Å². The highest BCUT2D eigenvalue weighted by molar-refractivity contribution is 7.09. The summed E-state index contributed by atoms with van der Waals surface area (Å²) < 4.78 is 7.34. The highest BCUT2D eigenvalue weighted by atomic mass is 32.1. The molecule has 1 N–H and O–H groups in total. The Bertz CT molecular complexity index is 1390. The first kappa shape index (κ1) is 27.8. The van der Waals surface area contributed by atoms with Gasteiger partial charge in [-0.1, -0.05) is 35.5 Å². The Kier molecular flexibility index (Phi) is 9.08. The van der Waals surface area contributed by atoms with Crippen LogP contribution in [0, 0.1) is 0 Å². The van der Waals surface area contributed by atoms with Crippen molar-refractivity contribution < 1.29 is 14.3 Å². The Morgan fingerprint density at radius 2 is 1.90 bits per heavy atom. The van der Waals surface area contributed by atoms with Crippen LogP contribution >= 0.6 is 11.3 Å². The zero-order valence-corrected chi connectivity index (χ0v) is 23.8. The summed E-state index contributed by atoms with van der Waals surface area (Å²) in [6.45, 7) is 7.42. The van der Waals surface area contributed by atoms with Gasteiger partial charge >= 0.3 is 0 Å². The molecule has 0 unspecified atom stereocenters. The minimum absolute atomic E-state index is 0.00222. The first-order valence-electron chi connectivity index (χ1n) is 13.9. The zero-order valence-electron chi connectivity index (χ0n) is 23.0. The second kappa shape index (κ2) is 13.1. The summed E-state index contributed by atoms with van der Waals surface area (Å²) in [5, 5.41) is 13.5. The number of fused-ring (bicyclic) bond motifs is 1. The molecule has 5 rings (SSSR count). The van der Waals surface area contributed by atoms with Crippen molar-refractivity contribution >= 4 is 39.9 Å². The van der Waals surface area contributed by atoms with Gasteiger partial charge in [-0.25, -0.2) is 4.68 Å². The van der Waals surface area contributed by atoms with Crippen molar-refractivity contribution in [3.05, 3.63) is 76.5 Å². The Hall–Kier alpha value is -3.76. The molecule has 0 bridgehead atoms. The van der Waals surface area contributed by atoms with Crippen LogP contribution in [0.3, 0.4) is 0 Å². The van der Waals surface area contributed by atoms with Crippen molar-refractivity contribution in [3.8, 4) is 0 Å². The fraction of sp³-hybridized carbons (Fsp3) is 0.400. The molecule has 0 saturated carbocycles. The molecule has 3 heterocycles. The standard InChI is InChI=1S/C30H36N6O3S/c1-3-34(4-2)23-15-13-22(14-16-23)29(30(38)31-19-24-9-7-17-39-24)35(20-25-10-8-18-40-25)28(37)21-36-27-12-6-5-11-26(27)32-33-36/h5-6,8,10-16,18,24,29H,3-4,7,9,17,19-21H2,1-2H3,(H,31,38)/t24-,29+/m0/s1. The highest BCUT2D eigenvalue weighted by Crippen LogP contribution is 2.28. The van der Waals surface area contributed by atoms with E-state index in [0.717, 1.165) is 53.1 Å². The van der Waals surface area contributed by atoms with Crippen LogP contribution in [0.15, 0.2) is 66.0 Å². The van der Waals surface area contributed by atoms with Crippen LogP contribution in [0.1, 0.15) is 43.2 Å². The van der Waals surface area contributed by atoms with Crippen molar-refractivity contribution in [3.63, 3.8) is 0 Å². The van der Waals surface area contributed by atoms with Crippen molar-refractivity contribution in [1.82, 2.24) is 25.2 Å². The number of hydrogen-bond acceptors (Lipinski definition) is 7. The predicted octanol–water partition coefficient (Wildman–Crippen LogP) is 4.40. The number of ether oxygens (including phenoxy) is 1. The average molecular weight is 561 g/mol. The quantitative estimate of drug-likeness (QED) is 0.276. The van der Waals surface area contributed by atoms with E-state index in [1.807, 2.05) is 66.0 Å².